The second-order valence-corrected chi connectivity index (χ2v) is 11.7. The van der Waals surface area contributed by atoms with Gasteiger partial charge in [-0.25, -0.2) is 8.42 Å². The Balaban J connectivity index is 1.63. The van der Waals surface area contributed by atoms with Gasteiger partial charge in [0.15, 0.2) is 4.80 Å². The summed E-state index contributed by atoms with van der Waals surface area (Å²) in [6, 6.07) is 9.49. The minimum atomic E-state index is -3.56. The van der Waals surface area contributed by atoms with Gasteiger partial charge in [0.2, 0.25) is 0 Å². The fraction of sp³-hybridized carbons (Fsp3) is 0.429. The minimum absolute atomic E-state index is 0.171. The van der Waals surface area contributed by atoms with Crippen LogP contribution < -0.4 is 4.80 Å². The summed E-state index contributed by atoms with van der Waals surface area (Å²) in [6.45, 7) is 3.74. The monoisotopic (exact) mass is 479 g/mol. The van der Waals surface area contributed by atoms with E-state index in [1.165, 1.54) is 27.0 Å². The lowest BCUT2D eigenvalue weighted by atomic mass is 9.99. The van der Waals surface area contributed by atoms with Crippen molar-refractivity contribution in [2.24, 2.45) is 10.9 Å². The molecule has 1 aliphatic rings. The molecule has 0 bridgehead atoms. The molecular formula is C21H25N3O4S3. The highest BCUT2D eigenvalue weighted by atomic mass is 32.2. The Kier molecular flexibility index (Phi) is 6.73. The van der Waals surface area contributed by atoms with Crippen LogP contribution in [0.1, 0.15) is 18.4 Å². The molecular weight excluding hydrogens is 454 g/mol. The molecule has 166 valence electrons. The number of piperidine rings is 1. The summed E-state index contributed by atoms with van der Waals surface area (Å²) < 4.78 is 35.8. The molecule has 1 amide bonds. The minimum Gasteiger partial charge on any atom is -0.383 e. The van der Waals surface area contributed by atoms with Gasteiger partial charge in [-0.2, -0.15) is 9.30 Å². The number of thiophene rings is 1. The lowest BCUT2D eigenvalue weighted by Gasteiger charge is -2.29. The number of carbonyl (C=O) groups is 1. The molecule has 1 aromatic carbocycles. The fourth-order valence-corrected chi connectivity index (χ4v) is 7.58. The summed E-state index contributed by atoms with van der Waals surface area (Å²) in [5, 5.41) is 1.75. The predicted octanol–water partition coefficient (Wildman–Crippen LogP) is 3.25. The maximum Gasteiger partial charge on any atom is 0.252 e. The molecule has 3 aromatic rings. The van der Waals surface area contributed by atoms with Crippen LogP contribution in [0.3, 0.4) is 0 Å². The molecule has 0 spiro atoms. The van der Waals surface area contributed by atoms with Crippen molar-refractivity contribution in [3.05, 3.63) is 46.1 Å². The summed E-state index contributed by atoms with van der Waals surface area (Å²) >= 11 is 2.67. The van der Waals surface area contributed by atoms with Crippen molar-refractivity contribution in [1.29, 1.82) is 0 Å². The van der Waals surface area contributed by atoms with E-state index in [4.69, 9.17) is 4.74 Å². The fourth-order valence-electron chi connectivity index (χ4n) is 3.75. The second kappa shape index (κ2) is 9.33. The van der Waals surface area contributed by atoms with Crippen LogP contribution in [0.2, 0.25) is 0 Å². The Morgan fingerprint density at radius 2 is 2.16 bits per heavy atom. The van der Waals surface area contributed by atoms with Gasteiger partial charge in [-0.05, 0) is 48.9 Å². The molecule has 0 radical (unpaired) electrons. The highest BCUT2D eigenvalue weighted by Gasteiger charge is 2.33. The first-order valence-corrected chi connectivity index (χ1v) is 13.2. The number of sulfonamides is 1. The Bertz CT molecular complexity index is 1240. The molecule has 2 aromatic heterocycles. The van der Waals surface area contributed by atoms with Gasteiger partial charge >= 0.3 is 0 Å². The molecule has 1 fully saturated rings. The van der Waals surface area contributed by atoms with E-state index in [2.05, 4.69) is 11.1 Å². The summed E-state index contributed by atoms with van der Waals surface area (Å²) in [7, 11) is -1.92. The van der Waals surface area contributed by atoms with E-state index in [9.17, 15) is 13.2 Å². The van der Waals surface area contributed by atoms with Gasteiger partial charge in [-0.15, -0.1) is 11.3 Å². The average Bonchev–Trinajstić information content (AvgIpc) is 3.41. The normalized spacial score (nSPS) is 18.6. The standard InChI is InChI=1S/C21H25N3O4S3/c1-15-7-8-17-18(13-15)30-21(24(17)10-11-28-2)22-20(25)16-5-3-9-23(14-16)31(26,27)19-6-4-12-29-19/h4,6-8,12-13,16H,3,5,9-11,14H2,1-2H3. The number of rotatable bonds is 6. The van der Waals surface area contributed by atoms with E-state index in [1.54, 1.807) is 24.6 Å². The number of aromatic nitrogens is 1. The van der Waals surface area contributed by atoms with Gasteiger partial charge in [-0.1, -0.05) is 23.5 Å². The maximum absolute atomic E-state index is 13.1. The zero-order valence-electron chi connectivity index (χ0n) is 17.5. The molecule has 1 atom stereocenters. The van der Waals surface area contributed by atoms with Crippen molar-refractivity contribution >= 4 is 48.8 Å². The maximum atomic E-state index is 13.1. The van der Waals surface area contributed by atoms with E-state index in [0.29, 0.717) is 41.5 Å². The SMILES string of the molecule is COCCn1c(=NC(=O)C2CCCN(S(=O)(=O)c3cccs3)C2)sc2cc(C)ccc21. The third-order valence-corrected chi connectivity index (χ3v) is 9.67. The molecule has 1 saturated heterocycles. The molecule has 0 aliphatic carbocycles. The Morgan fingerprint density at radius 3 is 2.90 bits per heavy atom. The number of ether oxygens (including phenoxy) is 1. The van der Waals surface area contributed by atoms with Gasteiger partial charge in [0.25, 0.3) is 15.9 Å². The average molecular weight is 480 g/mol. The quantitative estimate of drug-likeness (QED) is 0.544. The van der Waals surface area contributed by atoms with Crippen molar-refractivity contribution in [2.75, 3.05) is 26.8 Å². The molecule has 1 aliphatic heterocycles. The smallest absolute Gasteiger partial charge is 0.252 e. The number of benzene rings is 1. The van der Waals surface area contributed by atoms with E-state index in [-0.39, 0.29) is 12.5 Å². The molecule has 3 heterocycles. The number of nitrogens with zero attached hydrogens (tertiary/aromatic N) is 3. The van der Waals surface area contributed by atoms with E-state index >= 15 is 0 Å². The van der Waals surface area contributed by atoms with Gasteiger partial charge < -0.3 is 9.30 Å². The Labute approximate surface area is 189 Å². The topological polar surface area (TPSA) is 81.0 Å². The number of aryl methyl sites for hydroxylation is 1. The van der Waals surface area contributed by atoms with E-state index in [0.717, 1.165) is 15.8 Å². The van der Waals surface area contributed by atoms with Crippen LogP contribution in [0, 0.1) is 12.8 Å². The Hall–Kier alpha value is -1.85. The second-order valence-electron chi connectivity index (χ2n) is 7.58. The van der Waals surface area contributed by atoms with E-state index < -0.39 is 15.9 Å². The highest BCUT2D eigenvalue weighted by Crippen LogP contribution is 2.27. The van der Waals surface area contributed by atoms with Gasteiger partial charge in [0.05, 0.1) is 22.7 Å². The summed E-state index contributed by atoms with van der Waals surface area (Å²) in [5.41, 5.74) is 2.16. The molecule has 31 heavy (non-hydrogen) atoms. The zero-order chi connectivity index (χ0) is 22.0. The van der Waals surface area contributed by atoms with Crippen LogP contribution in [-0.4, -0.2) is 50.0 Å². The van der Waals surface area contributed by atoms with Crippen molar-refractivity contribution in [2.45, 2.75) is 30.5 Å². The van der Waals surface area contributed by atoms with Gasteiger partial charge in [0.1, 0.15) is 4.21 Å². The van der Waals surface area contributed by atoms with Crippen LogP contribution >= 0.6 is 22.7 Å². The Morgan fingerprint density at radius 1 is 1.32 bits per heavy atom. The van der Waals surface area contributed by atoms with Gasteiger partial charge in [0, 0.05) is 26.7 Å². The van der Waals surface area contributed by atoms with Crippen LogP contribution in [0.25, 0.3) is 10.2 Å². The first kappa shape index (κ1) is 22.3. The van der Waals surface area contributed by atoms with Gasteiger partial charge in [-0.3, -0.25) is 4.79 Å². The lowest BCUT2D eigenvalue weighted by molar-refractivity contribution is -0.122. The highest BCUT2D eigenvalue weighted by molar-refractivity contribution is 7.91. The van der Waals surface area contributed by atoms with Crippen molar-refractivity contribution in [1.82, 2.24) is 8.87 Å². The van der Waals surface area contributed by atoms with E-state index in [1.807, 2.05) is 23.6 Å². The molecule has 0 N–H and O–H groups in total. The van der Waals surface area contributed by atoms with Crippen LogP contribution in [0.15, 0.2) is 44.9 Å². The first-order valence-electron chi connectivity index (χ1n) is 10.1. The molecule has 1 unspecified atom stereocenters. The number of fused-ring (bicyclic) bond motifs is 1. The number of hydrogen-bond acceptors (Lipinski definition) is 6. The molecule has 10 heteroatoms. The zero-order valence-corrected chi connectivity index (χ0v) is 19.9. The number of amides is 1. The number of hydrogen-bond donors (Lipinski definition) is 0. The third kappa shape index (κ3) is 4.68. The van der Waals surface area contributed by atoms with Crippen molar-refractivity contribution < 1.29 is 17.9 Å². The van der Waals surface area contributed by atoms with Crippen molar-refractivity contribution in [3.63, 3.8) is 0 Å². The number of thiazole rings is 1. The van der Waals surface area contributed by atoms with Crippen LogP contribution in [0.4, 0.5) is 0 Å². The predicted molar refractivity (Wildman–Crippen MR) is 123 cm³/mol. The molecule has 7 nitrogen and oxygen atoms in total. The van der Waals surface area contributed by atoms with Crippen LogP contribution in [0.5, 0.6) is 0 Å². The number of carbonyl (C=O) groups excluding carboxylic acids is 1. The number of methoxy groups -OCH3 is 1. The first-order chi connectivity index (χ1) is 14.9. The molecule has 4 rings (SSSR count). The largest absolute Gasteiger partial charge is 0.383 e. The van der Waals surface area contributed by atoms with Crippen molar-refractivity contribution in [3.8, 4) is 0 Å². The summed E-state index contributed by atoms with van der Waals surface area (Å²) in [5.74, 6) is -0.702. The van der Waals surface area contributed by atoms with Crippen LogP contribution in [-0.2, 0) is 26.1 Å². The molecule has 0 saturated carbocycles. The summed E-state index contributed by atoms with van der Waals surface area (Å²) in [6.07, 6.45) is 1.28. The summed E-state index contributed by atoms with van der Waals surface area (Å²) in [4.78, 5) is 18.1. The lowest BCUT2D eigenvalue weighted by Crippen LogP contribution is -2.42. The third-order valence-electron chi connectivity index (χ3n) is 5.39.